The first-order valence-electron chi connectivity index (χ1n) is 5.79. The number of nitrogens with zero attached hydrogens (tertiary/aromatic N) is 3. The molecule has 0 fully saturated rings. The van der Waals surface area contributed by atoms with Crippen LogP contribution < -0.4 is 5.32 Å². The van der Waals surface area contributed by atoms with E-state index in [2.05, 4.69) is 21.7 Å². The van der Waals surface area contributed by atoms with E-state index >= 15 is 0 Å². The highest BCUT2D eigenvalue weighted by molar-refractivity contribution is 5.81. The first-order valence-corrected chi connectivity index (χ1v) is 5.79. The van der Waals surface area contributed by atoms with E-state index in [1.165, 1.54) is 0 Å². The van der Waals surface area contributed by atoms with Gasteiger partial charge in [0, 0.05) is 18.0 Å². The highest BCUT2D eigenvalue weighted by Crippen LogP contribution is 2.29. The number of aromatic nitrogens is 3. The summed E-state index contributed by atoms with van der Waals surface area (Å²) in [6.07, 6.45) is 3.56. The first-order chi connectivity index (χ1) is 8.81. The molecule has 1 N–H and O–H groups in total. The summed E-state index contributed by atoms with van der Waals surface area (Å²) in [6, 6.07) is 8.02. The van der Waals surface area contributed by atoms with Gasteiger partial charge >= 0.3 is 0 Å². The van der Waals surface area contributed by atoms with Gasteiger partial charge in [-0.3, -0.25) is 4.68 Å². The average Bonchev–Trinajstić information content (AvgIpc) is 2.99. The van der Waals surface area contributed by atoms with Crippen molar-refractivity contribution in [2.45, 2.75) is 6.04 Å². The van der Waals surface area contributed by atoms with E-state index in [-0.39, 0.29) is 6.04 Å². The minimum Gasteiger partial charge on any atom is -0.464 e. The van der Waals surface area contributed by atoms with Crippen molar-refractivity contribution in [3.8, 4) is 0 Å². The van der Waals surface area contributed by atoms with Crippen LogP contribution in [0.25, 0.3) is 11.0 Å². The van der Waals surface area contributed by atoms with Crippen LogP contribution in [0.2, 0.25) is 0 Å². The van der Waals surface area contributed by atoms with Crippen LogP contribution in [-0.4, -0.2) is 22.0 Å². The minimum atomic E-state index is 0.0219. The fourth-order valence-corrected chi connectivity index (χ4v) is 2.24. The number of rotatable bonds is 3. The fraction of sp³-hybridized carbons (Fsp3) is 0.231. The van der Waals surface area contributed by atoms with Crippen LogP contribution in [0.4, 0.5) is 0 Å². The van der Waals surface area contributed by atoms with Crippen LogP contribution in [0.1, 0.15) is 17.3 Å². The summed E-state index contributed by atoms with van der Waals surface area (Å²) in [5.41, 5.74) is 2.99. The van der Waals surface area contributed by atoms with E-state index in [0.717, 1.165) is 22.2 Å². The molecule has 2 aromatic heterocycles. The molecule has 0 radical (unpaired) electrons. The van der Waals surface area contributed by atoms with E-state index < -0.39 is 0 Å². The molecule has 0 aliphatic rings. The monoisotopic (exact) mass is 242 g/mol. The van der Waals surface area contributed by atoms with Gasteiger partial charge < -0.3 is 9.73 Å². The van der Waals surface area contributed by atoms with Crippen molar-refractivity contribution in [3.05, 3.63) is 48.0 Å². The van der Waals surface area contributed by atoms with Gasteiger partial charge in [0.15, 0.2) is 0 Å². The second-order valence-electron chi connectivity index (χ2n) is 4.19. The Hall–Kier alpha value is -2.14. The van der Waals surface area contributed by atoms with Crippen LogP contribution in [0.3, 0.4) is 0 Å². The SMILES string of the molecule is CNC(c1coc2ccccc12)c1cnnn1C. The van der Waals surface area contributed by atoms with Gasteiger partial charge in [-0.15, -0.1) is 5.10 Å². The minimum absolute atomic E-state index is 0.0219. The quantitative estimate of drug-likeness (QED) is 0.761. The van der Waals surface area contributed by atoms with Crippen molar-refractivity contribution in [2.24, 2.45) is 7.05 Å². The molecule has 0 bridgehead atoms. The second kappa shape index (κ2) is 4.27. The molecule has 0 saturated carbocycles. The molecule has 1 atom stereocenters. The van der Waals surface area contributed by atoms with Crippen molar-refractivity contribution in [2.75, 3.05) is 7.05 Å². The largest absolute Gasteiger partial charge is 0.464 e. The zero-order valence-corrected chi connectivity index (χ0v) is 10.3. The highest BCUT2D eigenvalue weighted by Gasteiger charge is 2.20. The lowest BCUT2D eigenvalue weighted by atomic mass is 10.0. The number of benzene rings is 1. The van der Waals surface area contributed by atoms with Gasteiger partial charge in [-0.25, -0.2) is 0 Å². The van der Waals surface area contributed by atoms with Crippen molar-refractivity contribution < 1.29 is 4.42 Å². The third kappa shape index (κ3) is 1.60. The van der Waals surface area contributed by atoms with Crippen molar-refractivity contribution in [3.63, 3.8) is 0 Å². The summed E-state index contributed by atoms with van der Waals surface area (Å²) < 4.78 is 7.35. The van der Waals surface area contributed by atoms with Gasteiger partial charge in [0.1, 0.15) is 5.58 Å². The molecule has 5 nitrogen and oxygen atoms in total. The Morgan fingerprint density at radius 2 is 2.17 bits per heavy atom. The molecule has 1 unspecified atom stereocenters. The summed E-state index contributed by atoms with van der Waals surface area (Å²) in [7, 11) is 3.80. The molecule has 3 aromatic rings. The fourth-order valence-electron chi connectivity index (χ4n) is 2.24. The zero-order chi connectivity index (χ0) is 12.5. The van der Waals surface area contributed by atoms with Gasteiger partial charge in [-0.05, 0) is 13.1 Å². The summed E-state index contributed by atoms with van der Waals surface area (Å²) >= 11 is 0. The van der Waals surface area contributed by atoms with Crippen LogP contribution >= 0.6 is 0 Å². The topological polar surface area (TPSA) is 55.9 Å². The Balaban J connectivity index is 2.15. The number of nitrogens with one attached hydrogen (secondary N) is 1. The standard InChI is InChI=1S/C13H14N4O/c1-14-13(11-7-15-16-17(11)2)10-8-18-12-6-4-3-5-9(10)12/h3-8,13-14H,1-2H3. The van der Waals surface area contributed by atoms with E-state index in [1.54, 1.807) is 17.1 Å². The molecular weight excluding hydrogens is 228 g/mol. The maximum atomic E-state index is 5.58. The number of hydrogen-bond donors (Lipinski definition) is 1. The number of hydrogen-bond acceptors (Lipinski definition) is 4. The maximum absolute atomic E-state index is 5.58. The molecule has 3 rings (SSSR count). The molecule has 0 aliphatic heterocycles. The number of para-hydroxylation sites is 1. The third-order valence-electron chi connectivity index (χ3n) is 3.16. The second-order valence-corrected chi connectivity index (χ2v) is 4.19. The summed E-state index contributed by atoms with van der Waals surface area (Å²) in [5, 5.41) is 12.3. The lowest BCUT2D eigenvalue weighted by Gasteiger charge is -2.14. The Morgan fingerprint density at radius 3 is 2.89 bits per heavy atom. The van der Waals surface area contributed by atoms with Crippen molar-refractivity contribution in [1.29, 1.82) is 0 Å². The predicted molar refractivity (Wildman–Crippen MR) is 68.1 cm³/mol. The number of fused-ring (bicyclic) bond motifs is 1. The van der Waals surface area contributed by atoms with Crippen molar-refractivity contribution in [1.82, 2.24) is 20.3 Å². The molecule has 0 aliphatic carbocycles. The summed E-state index contributed by atoms with van der Waals surface area (Å²) in [5.74, 6) is 0. The molecule has 18 heavy (non-hydrogen) atoms. The van der Waals surface area contributed by atoms with Gasteiger partial charge in [0.05, 0.1) is 24.2 Å². The summed E-state index contributed by atoms with van der Waals surface area (Å²) in [4.78, 5) is 0. The van der Waals surface area contributed by atoms with E-state index in [9.17, 15) is 0 Å². The Bertz CT molecular complexity index is 670. The Labute approximate surface area is 104 Å². The smallest absolute Gasteiger partial charge is 0.134 e. The molecule has 5 heteroatoms. The number of furan rings is 1. The highest BCUT2D eigenvalue weighted by atomic mass is 16.3. The Morgan fingerprint density at radius 1 is 1.33 bits per heavy atom. The molecule has 0 spiro atoms. The summed E-state index contributed by atoms with van der Waals surface area (Å²) in [6.45, 7) is 0. The normalized spacial score (nSPS) is 13.0. The van der Waals surface area contributed by atoms with E-state index in [0.29, 0.717) is 0 Å². The maximum Gasteiger partial charge on any atom is 0.134 e. The molecule has 2 heterocycles. The third-order valence-corrected chi connectivity index (χ3v) is 3.16. The van der Waals surface area contributed by atoms with Crippen molar-refractivity contribution >= 4 is 11.0 Å². The van der Waals surface area contributed by atoms with Gasteiger partial charge in [-0.2, -0.15) is 0 Å². The molecular formula is C13H14N4O. The number of aryl methyl sites for hydroxylation is 1. The van der Waals surface area contributed by atoms with Gasteiger partial charge in [0.25, 0.3) is 0 Å². The molecule has 0 amide bonds. The van der Waals surface area contributed by atoms with Crippen LogP contribution in [0.15, 0.2) is 41.1 Å². The Kier molecular flexibility index (Phi) is 2.60. The molecule has 92 valence electrons. The van der Waals surface area contributed by atoms with Crippen LogP contribution in [0, 0.1) is 0 Å². The molecule has 1 aromatic carbocycles. The predicted octanol–water partition coefficient (Wildman–Crippen LogP) is 1.87. The average molecular weight is 242 g/mol. The lowest BCUT2D eigenvalue weighted by molar-refractivity contribution is 0.574. The van der Waals surface area contributed by atoms with E-state index in [4.69, 9.17) is 4.42 Å². The first kappa shape index (κ1) is 11.0. The molecule has 0 saturated heterocycles. The van der Waals surface area contributed by atoms with Crippen LogP contribution in [-0.2, 0) is 7.05 Å². The van der Waals surface area contributed by atoms with E-state index in [1.807, 2.05) is 32.3 Å². The van der Waals surface area contributed by atoms with Crippen LogP contribution in [0.5, 0.6) is 0 Å². The lowest BCUT2D eigenvalue weighted by Crippen LogP contribution is -2.20. The van der Waals surface area contributed by atoms with Gasteiger partial charge in [0.2, 0.25) is 0 Å². The zero-order valence-electron chi connectivity index (χ0n) is 10.3. The van der Waals surface area contributed by atoms with Gasteiger partial charge in [-0.1, -0.05) is 23.4 Å².